The van der Waals surface area contributed by atoms with Gasteiger partial charge in [-0.1, -0.05) is 30.3 Å². The third-order valence-electron chi connectivity index (χ3n) is 4.10. The molecule has 1 aromatic carbocycles. The molecule has 4 heteroatoms. The van der Waals surface area contributed by atoms with E-state index in [2.05, 4.69) is 29.6 Å². The number of carbonyl (C=O) groups is 1. The summed E-state index contributed by atoms with van der Waals surface area (Å²) in [5, 5.41) is 2.86. The second-order valence-electron chi connectivity index (χ2n) is 6.84. The van der Waals surface area contributed by atoms with Crippen molar-refractivity contribution in [1.82, 2.24) is 5.32 Å². The number of hydrogen-bond donors (Lipinski definition) is 2. The van der Waals surface area contributed by atoms with E-state index in [4.69, 9.17) is 10.5 Å². The van der Waals surface area contributed by atoms with E-state index in [9.17, 15) is 4.79 Å². The summed E-state index contributed by atoms with van der Waals surface area (Å²) >= 11 is 0. The van der Waals surface area contributed by atoms with E-state index in [-0.39, 0.29) is 17.4 Å². The molecule has 0 aromatic heterocycles. The maximum atomic E-state index is 11.8. The molecule has 21 heavy (non-hydrogen) atoms. The van der Waals surface area contributed by atoms with Gasteiger partial charge in [-0.25, -0.2) is 4.79 Å². The average Bonchev–Trinajstić information content (AvgIpc) is 3.20. The molecular formula is C17H26N2O2. The molecule has 0 aliphatic heterocycles. The number of nitrogens with two attached hydrogens (primary N) is 1. The van der Waals surface area contributed by atoms with Crippen LogP contribution in [0, 0.1) is 5.92 Å². The van der Waals surface area contributed by atoms with Gasteiger partial charge in [-0.05, 0) is 51.6 Å². The third-order valence-corrected chi connectivity index (χ3v) is 4.10. The number of hydrogen-bond acceptors (Lipinski definition) is 3. The predicted molar refractivity (Wildman–Crippen MR) is 84.1 cm³/mol. The molecule has 2 rings (SSSR count). The zero-order valence-electron chi connectivity index (χ0n) is 13.2. The fourth-order valence-electron chi connectivity index (χ4n) is 2.86. The van der Waals surface area contributed by atoms with Crippen molar-refractivity contribution in [3.63, 3.8) is 0 Å². The van der Waals surface area contributed by atoms with Gasteiger partial charge in [0.15, 0.2) is 0 Å². The zero-order valence-corrected chi connectivity index (χ0v) is 13.2. The lowest BCUT2D eigenvalue weighted by atomic mass is 9.82. The van der Waals surface area contributed by atoms with E-state index in [0.29, 0.717) is 13.1 Å². The summed E-state index contributed by atoms with van der Waals surface area (Å²) in [7, 11) is 0. The van der Waals surface area contributed by atoms with E-state index in [1.165, 1.54) is 5.56 Å². The largest absolute Gasteiger partial charge is 0.444 e. The van der Waals surface area contributed by atoms with Crippen LogP contribution in [-0.4, -0.2) is 24.8 Å². The van der Waals surface area contributed by atoms with Gasteiger partial charge < -0.3 is 15.8 Å². The Morgan fingerprint density at radius 3 is 2.43 bits per heavy atom. The van der Waals surface area contributed by atoms with E-state index in [0.717, 1.165) is 12.8 Å². The van der Waals surface area contributed by atoms with Gasteiger partial charge in [0.2, 0.25) is 0 Å². The summed E-state index contributed by atoms with van der Waals surface area (Å²) in [6.07, 6.45) is 1.90. The zero-order chi connectivity index (χ0) is 15.5. The quantitative estimate of drug-likeness (QED) is 0.876. The Balaban J connectivity index is 1.97. The fraction of sp³-hybridized carbons (Fsp3) is 0.588. The first-order valence-corrected chi connectivity index (χ1v) is 7.60. The van der Waals surface area contributed by atoms with Crippen molar-refractivity contribution in [2.24, 2.45) is 11.7 Å². The summed E-state index contributed by atoms with van der Waals surface area (Å²) in [5.41, 5.74) is 6.94. The monoisotopic (exact) mass is 290 g/mol. The Morgan fingerprint density at radius 2 is 1.95 bits per heavy atom. The van der Waals surface area contributed by atoms with Crippen LogP contribution in [0.4, 0.5) is 4.79 Å². The van der Waals surface area contributed by atoms with Crippen molar-refractivity contribution in [2.45, 2.75) is 44.6 Å². The average molecular weight is 290 g/mol. The van der Waals surface area contributed by atoms with Gasteiger partial charge in [0, 0.05) is 12.0 Å². The molecule has 1 fully saturated rings. The second-order valence-corrected chi connectivity index (χ2v) is 6.84. The van der Waals surface area contributed by atoms with Crippen LogP contribution >= 0.6 is 0 Å². The van der Waals surface area contributed by atoms with Crippen LogP contribution in [0.2, 0.25) is 0 Å². The Kier molecular flexibility index (Phi) is 4.57. The third kappa shape index (κ3) is 3.97. The highest BCUT2D eigenvalue weighted by atomic mass is 16.6. The van der Waals surface area contributed by atoms with Crippen LogP contribution < -0.4 is 11.1 Å². The molecule has 1 amide bonds. The molecule has 1 unspecified atom stereocenters. The van der Waals surface area contributed by atoms with Gasteiger partial charge in [-0.2, -0.15) is 0 Å². The molecule has 1 saturated carbocycles. The maximum Gasteiger partial charge on any atom is 0.407 e. The molecule has 3 N–H and O–H groups in total. The van der Waals surface area contributed by atoms with E-state index >= 15 is 0 Å². The number of amides is 1. The molecule has 0 bridgehead atoms. The van der Waals surface area contributed by atoms with Crippen molar-refractivity contribution >= 4 is 6.09 Å². The minimum atomic E-state index is -0.473. The minimum absolute atomic E-state index is 0.130. The predicted octanol–water partition coefficient (Wildman–Crippen LogP) is 2.82. The second kappa shape index (κ2) is 6.06. The van der Waals surface area contributed by atoms with Crippen LogP contribution in [0.15, 0.2) is 30.3 Å². The maximum absolute atomic E-state index is 11.8. The van der Waals surface area contributed by atoms with Crippen LogP contribution in [0.1, 0.15) is 39.2 Å². The van der Waals surface area contributed by atoms with Gasteiger partial charge >= 0.3 is 6.09 Å². The van der Waals surface area contributed by atoms with Crippen molar-refractivity contribution in [3.8, 4) is 0 Å². The highest BCUT2D eigenvalue weighted by Gasteiger charge is 2.49. The molecule has 4 nitrogen and oxygen atoms in total. The molecule has 1 atom stereocenters. The van der Waals surface area contributed by atoms with Gasteiger partial charge in [0.25, 0.3) is 0 Å². The van der Waals surface area contributed by atoms with Crippen molar-refractivity contribution in [3.05, 3.63) is 35.9 Å². The van der Waals surface area contributed by atoms with Crippen LogP contribution in [0.25, 0.3) is 0 Å². The summed E-state index contributed by atoms with van der Waals surface area (Å²) in [5.74, 6) is 0.243. The number of benzene rings is 1. The lowest BCUT2D eigenvalue weighted by molar-refractivity contribution is 0.0516. The van der Waals surface area contributed by atoms with Crippen molar-refractivity contribution in [1.29, 1.82) is 0 Å². The Labute approximate surface area is 127 Å². The highest BCUT2D eigenvalue weighted by Crippen LogP contribution is 2.53. The first-order chi connectivity index (χ1) is 9.87. The molecular weight excluding hydrogens is 264 g/mol. The Hall–Kier alpha value is -1.55. The van der Waals surface area contributed by atoms with Crippen molar-refractivity contribution in [2.75, 3.05) is 13.1 Å². The molecule has 1 aromatic rings. The van der Waals surface area contributed by atoms with E-state index in [1.807, 2.05) is 26.8 Å². The van der Waals surface area contributed by atoms with Gasteiger partial charge in [0.1, 0.15) is 5.60 Å². The Morgan fingerprint density at radius 1 is 1.33 bits per heavy atom. The molecule has 0 spiro atoms. The number of rotatable bonds is 5. The van der Waals surface area contributed by atoms with E-state index < -0.39 is 5.60 Å². The normalized spacial score (nSPS) is 17.9. The number of ether oxygens (including phenoxy) is 1. The summed E-state index contributed by atoms with van der Waals surface area (Å²) < 4.78 is 5.28. The molecule has 0 saturated heterocycles. The molecule has 0 radical (unpaired) electrons. The number of alkyl carbamates (subject to hydrolysis) is 1. The van der Waals surface area contributed by atoms with Crippen molar-refractivity contribution < 1.29 is 9.53 Å². The van der Waals surface area contributed by atoms with Crippen LogP contribution in [-0.2, 0) is 10.2 Å². The molecule has 0 heterocycles. The Bertz CT molecular complexity index is 475. The highest BCUT2D eigenvalue weighted by molar-refractivity contribution is 5.67. The smallest absolute Gasteiger partial charge is 0.407 e. The summed E-state index contributed by atoms with van der Waals surface area (Å²) in [6.45, 7) is 6.70. The summed E-state index contributed by atoms with van der Waals surface area (Å²) in [4.78, 5) is 11.8. The van der Waals surface area contributed by atoms with Crippen LogP contribution in [0.3, 0.4) is 0 Å². The van der Waals surface area contributed by atoms with Gasteiger partial charge in [-0.15, -0.1) is 0 Å². The van der Waals surface area contributed by atoms with Gasteiger partial charge in [0.05, 0.1) is 0 Å². The number of nitrogens with one attached hydrogen (secondary N) is 1. The van der Waals surface area contributed by atoms with Crippen LogP contribution in [0.5, 0.6) is 0 Å². The standard InChI is InChI=1S/C17H26N2O2/c1-16(2,3)21-15(20)19-12-14(11-18)17(9-10-17)13-7-5-4-6-8-13/h4-8,14H,9-12,18H2,1-3H3,(H,19,20). The fourth-order valence-corrected chi connectivity index (χ4v) is 2.86. The molecule has 1 aliphatic carbocycles. The lowest BCUT2D eigenvalue weighted by Crippen LogP contribution is -2.41. The lowest BCUT2D eigenvalue weighted by Gasteiger charge is -2.27. The van der Waals surface area contributed by atoms with Gasteiger partial charge in [-0.3, -0.25) is 0 Å². The number of carbonyl (C=O) groups excluding carboxylic acids is 1. The van der Waals surface area contributed by atoms with E-state index in [1.54, 1.807) is 0 Å². The SMILES string of the molecule is CC(C)(C)OC(=O)NCC(CN)C1(c2ccccc2)CC1. The first kappa shape index (κ1) is 15.8. The summed E-state index contributed by atoms with van der Waals surface area (Å²) in [6, 6.07) is 10.5. The molecule has 116 valence electrons. The topological polar surface area (TPSA) is 64.3 Å². The minimum Gasteiger partial charge on any atom is -0.444 e. The first-order valence-electron chi connectivity index (χ1n) is 7.60. The molecule has 1 aliphatic rings.